The second kappa shape index (κ2) is 5.27. The van der Waals surface area contributed by atoms with Crippen molar-refractivity contribution in [2.24, 2.45) is 0 Å². The van der Waals surface area contributed by atoms with E-state index in [4.69, 9.17) is 10.5 Å². The van der Waals surface area contributed by atoms with Crippen molar-refractivity contribution in [1.29, 1.82) is 0 Å². The van der Waals surface area contributed by atoms with Gasteiger partial charge in [0.2, 0.25) is 0 Å². The first-order valence-electron chi connectivity index (χ1n) is 5.03. The highest BCUT2D eigenvalue weighted by atomic mass is 32.2. The van der Waals surface area contributed by atoms with Crippen LogP contribution in [-0.4, -0.2) is 6.61 Å². The summed E-state index contributed by atoms with van der Waals surface area (Å²) in [6.45, 7) is 2.59. The van der Waals surface area contributed by atoms with Gasteiger partial charge in [0.05, 0.1) is 16.5 Å². The summed E-state index contributed by atoms with van der Waals surface area (Å²) in [4.78, 5) is 1.15. The van der Waals surface area contributed by atoms with E-state index in [1.807, 2.05) is 31.2 Å². The number of hydrogen-bond donors (Lipinski definition) is 1. The maximum absolute atomic E-state index is 5.82. The lowest BCUT2D eigenvalue weighted by atomic mass is 10.3. The Hall–Kier alpha value is -1.13. The molecule has 0 bridgehead atoms. The van der Waals surface area contributed by atoms with E-state index in [-0.39, 0.29) is 0 Å². The van der Waals surface area contributed by atoms with Gasteiger partial charge in [-0.3, -0.25) is 0 Å². The van der Waals surface area contributed by atoms with Gasteiger partial charge in [-0.1, -0.05) is 17.8 Å². The molecule has 2 aromatic rings. The molecule has 0 unspecified atom stereocenters. The normalized spacial score (nSPS) is 10.3. The monoisotopic (exact) mass is 251 g/mol. The summed E-state index contributed by atoms with van der Waals surface area (Å²) in [6, 6.07) is 10.0. The Balaban J connectivity index is 2.19. The second-order valence-corrected chi connectivity index (χ2v) is 5.49. The van der Waals surface area contributed by atoms with E-state index >= 15 is 0 Å². The molecule has 0 spiro atoms. The fourth-order valence-corrected chi connectivity index (χ4v) is 3.07. The molecule has 2 N–H and O–H groups in total. The summed E-state index contributed by atoms with van der Waals surface area (Å²) < 4.78 is 6.73. The number of nitrogens with two attached hydrogens (primary N) is 1. The molecule has 4 heteroatoms. The van der Waals surface area contributed by atoms with Gasteiger partial charge in [0.25, 0.3) is 0 Å². The maximum atomic E-state index is 5.82. The van der Waals surface area contributed by atoms with Crippen molar-refractivity contribution in [3.05, 3.63) is 35.7 Å². The van der Waals surface area contributed by atoms with Crippen LogP contribution in [-0.2, 0) is 0 Å². The molecule has 0 fully saturated rings. The van der Waals surface area contributed by atoms with Gasteiger partial charge in [-0.25, -0.2) is 0 Å². The Morgan fingerprint density at radius 2 is 2.25 bits per heavy atom. The number of thiophene rings is 1. The molecule has 0 aliphatic carbocycles. The molecular weight excluding hydrogens is 238 g/mol. The summed E-state index contributed by atoms with van der Waals surface area (Å²) in [7, 11) is 0. The molecule has 84 valence electrons. The van der Waals surface area contributed by atoms with Gasteiger partial charge in [0, 0.05) is 4.90 Å². The molecule has 1 heterocycles. The van der Waals surface area contributed by atoms with E-state index in [1.165, 1.54) is 4.21 Å². The Kier molecular flexibility index (Phi) is 3.74. The maximum Gasteiger partial charge on any atom is 0.143 e. The second-order valence-electron chi connectivity index (χ2n) is 3.17. The highest BCUT2D eigenvalue weighted by Gasteiger charge is 2.03. The number of rotatable bonds is 4. The number of anilines is 1. The molecular formula is C12H13NOS2. The first-order valence-corrected chi connectivity index (χ1v) is 6.73. The molecule has 0 aliphatic rings. The average Bonchev–Trinajstić information content (AvgIpc) is 2.76. The van der Waals surface area contributed by atoms with E-state index < -0.39 is 0 Å². The molecule has 0 saturated heterocycles. The molecule has 0 atom stereocenters. The fraction of sp³-hybridized carbons (Fsp3) is 0.167. The smallest absolute Gasteiger partial charge is 0.143 e. The molecule has 2 nitrogen and oxygen atoms in total. The van der Waals surface area contributed by atoms with Gasteiger partial charge >= 0.3 is 0 Å². The molecule has 0 amide bonds. The molecule has 0 saturated carbocycles. The first-order chi connectivity index (χ1) is 7.79. The van der Waals surface area contributed by atoms with Crippen LogP contribution in [0.3, 0.4) is 0 Å². The quantitative estimate of drug-likeness (QED) is 0.838. The van der Waals surface area contributed by atoms with Crippen LogP contribution in [0.4, 0.5) is 5.69 Å². The Morgan fingerprint density at radius 1 is 1.38 bits per heavy atom. The third-order valence-electron chi connectivity index (χ3n) is 2.00. The topological polar surface area (TPSA) is 35.2 Å². The van der Waals surface area contributed by atoms with Crippen LogP contribution in [0.25, 0.3) is 0 Å². The lowest BCUT2D eigenvalue weighted by Gasteiger charge is -2.08. The van der Waals surface area contributed by atoms with Crippen LogP contribution >= 0.6 is 23.1 Å². The zero-order valence-corrected chi connectivity index (χ0v) is 10.6. The third kappa shape index (κ3) is 2.71. The van der Waals surface area contributed by atoms with Crippen molar-refractivity contribution in [3.63, 3.8) is 0 Å². The summed E-state index contributed by atoms with van der Waals surface area (Å²) in [5, 5.41) is 2.07. The van der Waals surface area contributed by atoms with Gasteiger partial charge < -0.3 is 10.5 Å². The predicted octanol–water partition coefficient (Wildman–Crippen LogP) is 3.88. The number of hydrogen-bond acceptors (Lipinski definition) is 4. The predicted molar refractivity (Wildman–Crippen MR) is 70.5 cm³/mol. The van der Waals surface area contributed by atoms with Gasteiger partial charge in [-0.15, -0.1) is 11.3 Å². The minimum atomic E-state index is 0.636. The Morgan fingerprint density at radius 3 is 2.94 bits per heavy atom. The highest BCUT2D eigenvalue weighted by molar-refractivity contribution is 8.01. The molecule has 0 aliphatic heterocycles. The zero-order chi connectivity index (χ0) is 11.4. The average molecular weight is 251 g/mol. The Bertz CT molecular complexity index is 454. The SMILES string of the molecule is CCOc1cc(Sc2cccs2)ccc1N. The standard InChI is InChI=1S/C12H13NOS2/c1-2-14-11-8-9(5-6-10(11)13)16-12-4-3-7-15-12/h3-8H,2,13H2,1H3. The van der Waals surface area contributed by atoms with Gasteiger partial charge in [0.1, 0.15) is 5.75 Å². The Labute approximate surface area is 103 Å². The van der Waals surface area contributed by atoms with Crippen LogP contribution in [0.5, 0.6) is 5.75 Å². The van der Waals surface area contributed by atoms with Crippen molar-refractivity contribution in [3.8, 4) is 5.75 Å². The molecule has 2 rings (SSSR count). The van der Waals surface area contributed by atoms with E-state index in [9.17, 15) is 0 Å². The zero-order valence-electron chi connectivity index (χ0n) is 8.97. The van der Waals surface area contributed by atoms with E-state index in [0.29, 0.717) is 12.3 Å². The summed E-state index contributed by atoms with van der Waals surface area (Å²) in [6.07, 6.45) is 0. The van der Waals surface area contributed by atoms with Crippen LogP contribution in [0.15, 0.2) is 44.8 Å². The molecule has 1 aromatic carbocycles. The fourth-order valence-electron chi connectivity index (χ4n) is 1.30. The van der Waals surface area contributed by atoms with Gasteiger partial charge in [-0.2, -0.15) is 0 Å². The van der Waals surface area contributed by atoms with Crippen molar-refractivity contribution >= 4 is 28.8 Å². The van der Waals surface area contributed by atoms with Crippen LogP contribution in [0.1, 0.15) is 6.92 Å². The largest absolute Gasteiger partial charge is 0.492 e. The first kappa shape index (κ1) is 11.4. The lowest BCUT2D eigenvalue weighted by Crippen LogP contribution is -1.96. The minimum Gasteiger partial charge on any atom is -0.492 e. The van der Waals surface area contributed by atoms with Crippen molar-refractivity contribution in [2.45, 2.75) is 16.0 Å². The van der Waals surface area contributed by atoms with E-state index in [1.54, 1.807) is 23.1 Å². The number of ether oxygens (including phenoxy) is 1. The number of nitrogen functional groups attached to an aromatic ring is 1. The van der Waals surface area contributed by atoms with E-state index in [2.05, 4.69) is 11.4 Å². The highest BCUT2D eigenvalue weighted by Crippen LogP contribution is 2.35. The van der Waals surface area contributed by atoms with Gasteiger partial charge in [-0.05, 0) is 36.6 Å². The molecule has 0 radical (unpaired) electrons. The van der Waals surface area contributed by atoms with Gasteiger partial charge in [0.15, 0.2) is 0 Å². The van der Waals surface area contributed by atoms with Crippen LogP contribution < -0.4 is 10.5 Å². The molecule has 16 heavy (non-hydrogen) atoms. The van der Waals surface area contributed by atoms with Crippen LogP contribution in [0.2, 0.25) is 0 Å². The van der Waals surface area contributed by atoms with Crippen LogP contribution in [0, 0.1) is 0 Å². The lowest BCUT2D eigenvalue weighted by molar-refractivity contribution is 0.341. The molecule has 1 aromatic heterocycles. The number of benzene rings is 1. The van der Waals surface area contributed by atoms with Crippen molar-refractivity contribution < 1.29 is 4.74 Å². The summed E-state index contributed by atoms with van der Waals surface area (Å²) >= 11 is 3.46. The summed E-state index contributed by atoms with van der Waals surface area (Å²) in [5.74, 6) is 0.768. The van der Waals surface area contributed by atoms with Crippen molar-refractivity contribution in [2.75, 3.05) is 12.3 Å². The van der Waals surface area contributed by atoms with E-state index in [0.717, 1.165) is 10.6 Å². The summed E-state index contributed by atoms with van der Waals surface area (Å²) in [5.41, 5.74) is 6.51. The third-order valence-corrected chi connectivity index (χ3v) is 4.03. The minimum absolute atomic E-state index is 0.636. The van der Waals surface area contributed by atoms with Crippen molar-refractivity contribution in [1.82, 2.24) is 0 Å².